The normalized spacial score (nSPS) is 14.6. The summed E-state index contributed by atoms with van der Waals surface area (Å²) in [4.78, 5) is 24.5. The van der Waals surface area contributed by atoms with Crippen LogP contribution < -0.4 is 10.5 Å². The van der Waals surface area contributed by atoms with Gasteiger partial charge < -0.3 is 20.1 Å². The van der Waals surface area contributed by atoms with Crippen LogP contribution in [-0.2, 0) is 9.53 Å². The molecule has 1 fully saturated rings. The molecule has 0 aromatic heterocycles. The number of likely N-dealkylation sites (tertiary alicyclic amines) is 1. The van der Waals surface area contributed by atoms with Crippen molar-refractivity contribution in [1.29, 1.82) is 0 Å². The fourth-order valence-corrected chi connectivity index (χ4v) is 2.74. The number of benzene rings is 1. The molecule has 0 saturated carbocycles. The molecule has 1 saturated heterocycles. The van der Waals surface area contributed by atoms with Crippen LogP contribution in [0.3, 0.4) is 0 Å². The highest BCUT2D eigenvalue weighted by Gasteiger charge is 2.23. The quantitative estimate of drug-likeness (QED) is 0.395. The molecule has 1 amide bonds. The number of carbonyl (C=O) groups is 1. The predicted molar refractivity (Wildman–Crippen MR) is 99.7 cm³/mol. The lowest BCUT2D eigenvalue weighted by molar-refractivity contribution is -0.385. The summed E-state index contributed by atoms with van der Waals surface area (Å²) in [6.45, 7) is 2.74. The Morgan fingerprint density at radius 3 is 2.62 bits per heavy atom. The first-order valence-electron chi connectivity index (χ1n) is 8.57. The number of rotatable bonds is 9. The smallest absolute Gasteiger partial charge is 0.310 e. The van der Waals surface area contributed by atoms with Crippen molar-refractivity contribution in [3.63, 3.8) is 0 Å². The molecular formula is C17H26ClN3O5. The zero-order chi connectivity index (χ0) is 18.1. The third-order valence-corrected chi connectivity index (χ3v) is 4.13. The van der Waals surface area contributed by atoms with E-state index in [1.807, 2.05) is 0 Å². The summed E-state index contributed by atoms with van der Waals surface area (Å²) in [6.07, 6.45) is 2.88. The predicted octanol–water partition coefficient (Wildman–Crippen LogP) is 2.14. The maximum absolute atomic E-state index is 12.2. The molecule has 1 aliphatic heterocycles. The minimum atomic E-state index is -0.493. The van der Waals surface area contributed by atoms with E-state index in [1.165, 1.54) is 12.1 Å². The van der Waals surface area contributed by atoms with Crippen molar-refractivity contribution in [2.24, 2.45) is 5.73 Å². The molecule has 0 bridgehead atoms. The van der Waals surface area contributed by atoms with E-state index in [2.05, 4.69) is 0 Å². The largest absolute Gasteiger partial charge is 0.486 e. The number of nitro groups is 1. The van der Waals surface area contributed by atoms with Gasteiger partial charge in [0.1, 0.15) is 0 Å². The second-order valence-corrected chi connectivity index (χ2v) is 5.92. The first kappa shape index (κ1) is 22.1. The van der Waals surface area contributed by atoms with Gasteiger partial charge in [0.05, 0.1) is 24.1 Å². The van der Waals surface area contributed by atoms with Crippen LogP contribution in [0.15, 0.2) is 24.3 Å². The zero-order valence-corrected chi connectivity index (χ0v) is 15.5. The molecule has 1 heterocycles. The minimum Gasteiger partial charge on any atom is -0.486 e. The third-order valence-electron chi connectivity index (χ3n) is 4.13. The monoisotopic (exact) mass is 387 g/mol. The number of carbonyl (C=O) groups excluding carboxylic acids is 1. The number of hydrogen-bond acceptors (Lipinski definition) is 6. The summed E-state index contributed by atoms with van der Waals surface area (Å²) in [5.41, 5.74) is 5.35. The van der Waals surface area contributed by atoms with Gasteiger partial charge in [-0.3, -0.25) is 14.9 Å². The number of amides is 1. The van der Waals surface area contributed by atoms with Gasteiger partial charge in [-0.05, 0) is 31.9 Å². The van der Waals surface area contributed by atoms with Gasteiger partial charge >= 0.3 is 5.69 Å². The Labute approximate surface area is 159 Å². The Hall–Kier alpha value is -1.90. The van der Waals surface area contributed by atoms with Crippen LogP contribution in [0.1, 0.15) is 25.7 Å². The molecule has 146 valence electrons. The highest BCUT2D eigenvalue weighted by molar-refractivity contribution is 5.85. The average Bonchev–Trinajstić information content (AvgIpc) is 2.62. The topological polar surface area (TPSA) is 108 Å². The number of ether oxygens (including phenoxy) is 2. The summed E-state index contributed by atoms with van der Waals surface area (Å²) >= 11 is 0. The van der Waals surface area contributed by atoms with Gasteiger partial charge in [-0.15, -0.1) is 12.4 Å². The molecule has 1 aliphatic rings. The van der Waals surface area contributed by atoms with E-state index in [-0.39, 0.29) is 48.9 Å². The first-order valence-corrected chi connectivity index (χ1v) is 8.57. The van der Waals surface area contributed by atoms with Gasteiger partial charge in [0.15, 0.2) is 5.75 Å². The Morgan fingerprint density at radius 1 is 1.27 bits per heavy atom. The van der Waals surface area contributed by atoms with E-state index < -0.39 is 4.92 Å². The Bertz CT molecular complexity index is 579. The highest BCUT2D eigenvalue weighted by Crippen LogP contribution is 2.26. The van der Waals surface area contributed by atoms with Crippen molar-refractivity contribution in [1.82, 2.24) is 4.90 Å². The summed E-state index contributed by atoms with van der Waals surface area (Å²) in [5, 5.41) is 10.9. The number of halogens is 1. The summed E-state index contributed by atoms with van der Waals surface area (Å²) in [7, 11) is 0. The van der Waals surface area contributed by atoms with Crippen molar-refractivity contribution in [3.8, 4) is 5.75 Å². The van der Waals surface area contributed by atoms with E-state index >= 15 is 0 Å². The van der Waals surface area contributed by atoms with Crippen molar-refractivity contribution < 1.29 is 19.2 Å². The number of nitrogens with zero attached hydrogens (tertiary/aromatic N) is 2. The maximum atomic E-state index is 12.2. The molecule has 0 radical (unpaired) electrons. The maximum Gasteiger partial charge on any atom is 0.310 e. The van der Waals surface area contributed by atoms with E-state index in [4.69, 9.17) is 15.2 Å². The van der Waals surface area contributed by atoms with E-state index in [1.54, 1.807) is 17.0 Å². The van der Waals surface area contributed by atoms with Crippen LogP contribution in [0.2, 0.25) is 0 Å². The second-order valence-electron chi connectivity index (χ2n) is 5.92. The zero-order valence-electron chi connectivity index (χ0n) is 14.7. The lowest BCUT2D eigenvalue weighted by atomic mass is 10.1. The molecule has 9 heteroatoms. The molecule has 8 nitrogen and oxygen atoms in total. The summed E-state index contributed by atoms with van der Waals surface area (Å²) in [6, 6.07) is 6.16. The molecule has 1 aromatic rings. The fraction of sp³-hybridized carbons (Fsp3) is 0.588. The van der Waals surface area contributed by atoms with Crippen LogP contribution >= 0.6 is 12.4 Å². The summed E-state index contributed by atoms with van der Waals surface area (Å²) < 4.78 is 11.1. The molecular weight excluding hydrogens is 362 g/mol. The van der Waals surface area contributed by atoms with Gasteiger partial charge in [0.2, 0.25) is 5.91 Å². The standard InChI is InChI=1S/C17H25N3O5.ClH/c18-9-3-12-24-14-6-10-19(11-7-14)17(21)8-13-25-16-5-2-1-4-15(16)20(22)23;/h1-2,4-5,14H,3,6-13,18H2;1H. The lowest BCUT2D eigenvalue weighted by Gasteiger charge is -2.32. The van der Waals surface area contributed by atoms with Crippen molar-refractivity contribution in [3.05, 3.63) is 34.4 Å². The van der Waals surface area contributed by atoms with E-state index in [9.17, 15) is 14.9 Å². The number of piperidine rings is 1. The van der Waals surface area contributed by atoms with Gasteiger partial charge in [-0.2, -0.15) is 0 Å². The lowest BCUT2D eigenvalue weighted by Crippen LogP contribution is -2.41. The van der Waals surface area contributed by atoms with Gasteiger partial charge in [-0.25, -0.2) is 0 Å². The minimum absolute atomic E-state index is 0. The second kappa shape index (κ2) is 11.7. The molecule has 0 unspecified atom stereocenters. The molecule has 2 N–H and O–H groups in total. The fourth-order valence-electron chi connectivity index (χ4n) is 2.74. The Balaban J connectivity index is 0.00000338. The molecule has 1 aromatic carbocycles. The Kier molecular flexibility index (Phi) is 9.93. The first-order chi connectivity index (χ1) is 12.1. The van der Waals surface area contributed by atoms with Crippen LogP contribution in [0.5, 0.6) is 5.75 Å². The molecule has 0 spiro atoms. The average molecular weight is 388 g/mol. The van der Waals surface area contributed by atoms with Crippen LogP contribution in [0.25, 0.3) is 0 Å². The molecule has 2 rings (SSSR count). The third kappa shape index (κ3) is 6.78. The van der Waals surface area contributed by atoms with Gasteiger partial charge in [-0.1, -0.05) is 12.1 Å². The molecule has 0 aliphatic carbocycles. The van der Waals surface area contributed by atoms with Crippen LogP contribution in [0.4, 0.5) is 5.69 Å². The van der Waals surface area contributed by atoms with Crippen LogP contribution in [0, 0.1) is 10.1 Å². The molecule has 0 atom stereocenters. The highest BCUT2D eigenvalue weighted by atomic mass is 35.5. The molecule has 26 heavy (non-hydrogen) atoms. The van der Waals surface area contributed by atoms with Crippen molar-refractivity contribution in [2.45, 2.75) is 31.8 Å². The van der Waals surface area contributed by atoms with E-state index in [0.29, 0.717) is 26.2 Å². The van der Waals surface area contributed by atoms with E-state index in [0.717, 1.165) is 19.3 Å². The summed E-state index contributed by atoms with van der Waals surface area (Å²) in [5.74, 6) is 0.186. The number of para-hydroxylation sites is 2. The number of hydrogen-bond donors (Lipinski definition) is 1. The van der Waals surface area contributed by atoms with Crippen LogP contribution in [-0.4, -0.2) is 54.7 Å². The van der Waals surface area contributed by atoms with Crippen molar-refractivity contribution in [2.75, 3.05) is 32.8 Å². The van der Waals surface area contributed by atoms with Crippen molar-refractivity contribution >= 4 is 24.0 Å². The van der Waals surface area contributed by atoms with Gasteiger partial charge in [0.25, 0.3) is 0 Å². The number of nitrogens with two attached hydrogens (primary N) is 1. The number of nitro benzene ring substituents is 1. The SMILES string of the molecule is Cl.NCCCOC1CCN(C(=O)CCOc2ccccc2[N+](=O)[O-])CC1. The Morgan fingerprint density at radius 2 is 1.96 bits per heavy atom. The van der Waals surface area contributed by atoms with Gasteiger partial charge in [0, 0.05) is 25.8 Å².